The van der Waals surface area contributed by atoms with Crippen molar-refractivity contribution in [1.82, 2.24) is 29.8 Å². The Morgan fingerprint density at radius 3 is 2.91 bits per heavy atom. The number of fused-ring (bicyclic) bond motifs is 1. The highest BCUT2D eigenvalue weighted by Gasteiger charge is 2.15. The van der Waals surface area contributed by atoms with Crippen LogP contribution in [0.2, 0.25) is 0 Å². The van der Waals surface area contributed by atoms with Crippen molar-refractivity contribution in [2.45, 2.75) is 43.5 Å². The maximum Gasteiger partial charge on any atom is 0.275 e. The SMILES string of the molecule is CCC(CC)c1nn2c(=O)cc(CSc3ncn[nH]3)nc2s1. The first-order valence-corrected chi connectivity index (χ1v) is 8.89. The predicted octanol–water partition coefficient (Wildman–Crippen LogP) is 2.46. The zero-order valence-corrected chi connectivity index (χ0v) is 13.9. The molecule has 0 unspecified atom stereocenters. The lowest BCUT2D eigenvalue weighted by molar-refractivity contribution is 0.623. The lowest BCUT2D eigenvalue weighted by Gasteiger charge is -2.05. The third-order valence-corrected chi connectivity index (χ3v) is 5.38. The summed E-state index contributed by atoms with van der Waals surface area (Å²) in [5.74, 6) is 0.956. The van der Waals surface area contributed by atoms with Crippen molar-refractivity contribution in [3.05, 3.63) is 33.4 Å². The van der Waals surface area contributed by atoms with Crippen LogP contribution in [-0.2, 0) is 5.75 Å². The van der Waals surface area contributed by atoms with Crippen LogP contribution in [0.5, 0.6) is 0 Å². The molecule has 3 aromatic rings. The summed E-state index contributed by atoms with van der Waals surface area (Å²) in [6.45, 7) is 4.27. The van der Waals surface area contributed by atoms with Crippen LogP contribution < -0.4 is 5.56 Å². The number of nitrogens with one attached hydrogen (secondary N) is 1. The third kappa shape index (κ3) is 3.05. The maximum absolute atomic E-state index is 12.2. The van der Waals surface area contributed by atoms with Crippen LogP contribution in [0.1, 0.15) is 43.3 Å². The van der Waals surface area contributed by atoms with Crippen molar-refractivity contribution in [1.29, 1.82) is 0 Å². The van der Waals surface area contributed by atoms with Gasteiger partial charge in [0.15, 0.2) is 5.16 Å². The van der Waals surface area contributed by atoms with Gasteiger partial charge < -0.3 is 0 Å². The molecule has 116 valence electrons. The fourth-order valence-electron chi connectivity index (χ4n) is 2.15. The average molecular weight is 336 g/mol. The van der Waals surface area contributed by atoms with E-state index in [1.54, 1.807) is 0 Å². The minimum Gasteiger partial charge on any atom is -0.267 e. The minimum atomic E-state index is -0.133. The van der Waals surface area contributed by atoms with E-state index < -0.39 is 0 Å². The van der Waals surface area contributed by atoms with Gasteiger partial charge in [-0.1, -0.05) is 36.9 Å². The number of hydrogen-bond acceptors (Lipinski definition) is 7. The number of aromatic nitrogens is 6. The maximum atomic E-state index is 12.2. The van der Waals surface area contributed by atoms with Crippen molar-refractivity contribution in [3.63, 3.8) is 0 Å². The van der Waals surface area contributed by atoms with Gasteiger partial charge in [0.25, 0.3) is 5.56 Å². The molecule has 0 aliphatic carbocycles. The van der Waals surface area contributed by atoms with Crippen molar-refractivity contribution in [3.8, 4) is 0 Å². The molecule has 0 atom stereocenters. The van der Waals surface area contributed by atoms with Crippen LogP contribution in [0.3, 0.4) is 0 Å². The standard InChI is InChI=1S/C13H16N6OS2/c1-3-8(4-2)11-18-19-10(20)5-9(16-13(19)22-11)6-21-12-14-7-15-17-12/h5,7-8H,3-4,6H2,1-2H3,(H,14,15,17). The van der Waals surface area contributed by atoms with Gasteiger partial charge in [-0.05, 0) is 12.8 Å². The third-order valence-electron chi connectivity index (χ3n) is 3.40. The molecule has 0 aliphatic rings. The van der Waals surface area contributed by atoms with Gasteiger partial charge in [0.05, 0.1) is 5.69 Å². The number of thioether (sulfide) groups is 1. The summed E-state index contributed by atoms with van der Waals surface area (Å²) in [4.78, 5) is 21.4. The first kappa shape index (κ1) is 15.2. The Bertz CT molecular complexity index is 806. The summed E-state index contributed by atoms with van der Waals surface area (Å²) in [5.41, 5.74) is 0.595. The van der Waals surface area contributed by atoms with E-state index in [0.29, 0.717) is 21.8 Å². The quantitative estimate of drug-likeness (QED) is 0.696. The van der Waals surface area contributed by atoms with Gasteiger partial charge in [-0.25, -0.2) is 9.97 Å². The van der Waals surface area contributed by atoms with Crippen LogP contribution in [0.25, 0.3) is 4.96 Å². The van der Waals surface area contributed by atoms with Crippen LogP contribution in [-0.4, -0.2) is 29.8 Å². The Labute approximate surface area is 135 Å². The molecule has 0 bridgehead atoms. The average Bonchev–Trinajstić information content (AvgIpc) is 3.16. The minimum absolute atomic E-state index is 0.133. The highest BCUT2D eigenvalue weighted by Crippen LogP contribution is 2.26. The van der Waals surface area contributed by atoms with Gasteiger partial charge in [0.1, 0.15) is 11.3 Å². The zero-order valence-electron chi connectivity index (χ0n) is 12.3. The first-order chi connectivity index (χ1) is 10.7. The molecule has 0 spiro atoms. The molecule has 3 heterocycles. The topological polar surface area (TPSA) is 88.8 Å². The second-order valence-corrected chi connectivity index (χ2v) is 6.76. The Kier molecular flexibility index (Phi) is 4.53. The van der Waals surface area contributed by atoms with Crippen molar-refractivity contribution >= 4 is 28.1 Å². The Morgan fingerprint density at radius 1 is 1.41 bits per heavy atom. The first-order valence-electron chi connectivity index (χ1n) is 7.09. The second-order valence-electron chi connectivity index (χ2n) is 4.81. The molecule has 1 N–H and O–H groups in total. The molecule has 0 saturated carbocycles. The van der Waals surface area contributed by atoms with Crippen LogP contribution in [0.15, 0.2) is 22.3 Å². The largest absolute Gasteiger partial charge is 0.275 e. The van der Waals surface area contributed by atoms with Gasteiger partial charge in [-0.3, -0.25) is 9.89 Å². The highest BCUT2D eigenvalue weighted by molar-refractivity contribution is 7.98. The summed E-state index contributed by atoms with van der Waals surface area (Å²) >= 11 is 2.97. The molecule has 9 heteroatoms. The van der Waals surface area contributed by atoms with E-state index in [2.05, 4.69) is 39.1 Å². The molecule has 0 aliphatic heterocycles. The molecule has 7 nitrogen and oxygen atoms in total. The monoisotopic (exact) mass is 336 g/mol. The highest BCUT2D eigenvalue weighted by atomic mass is 32.2. The fourth-order valence-corrected chi connectivity index (χ4v) is 4.02. The second kappa shape index (κ2) is 6.57. The molecule has 0 amide bonds. The molecule has 0 radical (unpaired) electrons. The molecule has 0 saturated heterocycles. The lowest BCUT2D eigenvalue weighted by atomic mass is 10.1. The van der Waals surface area contributed by atoms with Gasteiger partial charge in [-0.15, -0.1) is 0 Å². The van der Waals surface area contributed by atoms with E-state index >= 15 is 0 Å². The lowest BCUT2D eigenvalue weighted by Crippen LogP contribution is -2.15. The summed E-state index contributed by atoms with van der Waals surface area (Å²) < 4.78 is 1.40. The molecular formula is C13H16N6OS2. The fraction of sp³-hybridized carbons (Fsp3) is 0.462. The van der Waals surface area contributed by atoms with Crippen LogP contribution >= 0.6 is 23.1 Å². The Morgan fingerprint density at radius 2 is 2.23 bits per heavy atom. The molecule has 0 fully saturated rings. The van der Waals surface area contributed by atoms with Gasteiger partial charge in [0, 0.05) is 17.7 Å². The van der Waals surface area contributed by atoms with Crippen LogP contribution in [0.4, 0.5) is 0 Å². The van der Waals surface area contributed by atoms with Gasteiger partial charge >= 0.3 is 0 Å². The van der Waals surface area contributed by atoms with Gasteiger partial charge in [-0.2, -0.15) is 14.7 Å². The van der Waals surface area contributed by atoms with Crippen molar-refractivity contribution in [2.75, 3.05) is 0 Å². The predicted molar refractivity (Wildman–Crippen MR) is 86.4 cm³/mol. The van der Waals surface area contributed by atoms with E-state index in [1.165, 1.54) is 40.0 Å². The van der Waals surface area contributed by atoms with E-state index in [-0.39, 0.29) is 5.56 Å². The number of rotatable bonds is 6. The van der Waals surface area contributed by atoms with Crippen molar-refractivity contribution < 1.29 is 0 Å². The molecule has 3 rings (SSSR count). The number of aromatic amines is 1. The Hall–Kier alpha value is -1.74. The van der Waals surface area contributed by atoms with Gasteiger partial charge in [0.2, 0.25) is 4.96 Å². The summed E-state index contributed by atoms with van der Waals surface area (Å²) in [6, 6.07) is 1.53. The van der Waals surface area contributed by atoms with E-state index in [0.717, 1.165) is 23.5 Å². The molecular weight excluding hydrogens is 320 g/mol. The number of hydrogen-bond donors (Lipinski definition) is 1. The summed E-state index contributed by atoms with van der Waals surface area (Å²) in [6.07, 6.45) is 3.48. The molecule has 22 heavy (non-hydrogen) atoms. The number of H-pyrrole nitrogens is 1. The summed E-state index contributed by atoms with van der Waals surface area (Å²) in [7, 11) is 0. The van der Waals surface area contributed by atoms with Crippen molar-refractivity contribution in [2.24, 2.45) is 0 Å². The van der Waals surface area contributed by atoms with Crippen LogP contribution in [0, 0.1) is 0 Å². The molecule has 3 aromatic heterocycles. The zero-order chi connectivity index (χ0) is 15.5. The smallest absolute Gasteiger partial charge is 0.267 e. The molecule has 0 aromatic carbocycles. The Balaban J connectivity index is 1.89. The number of nitrogens with zero attached hydrogens (tertiary/aromatic N) is 5. The summed E-state index contributed by atoms with van der Waals surface area (Å²) in [5, 5.41) is 12.7. The van der Waals surface area contributed by atoms with E-state index in [1.807, 2.05) is 0 Å². The van der Waals surface area contributed by atoms with E-state index in [9.17, 15) is 4.79 Å². The van der Waals surface area contributed by atoms with E-state index in [4.69, 9.17) is 0 Å². The normalized spacial score (nSPS) is 11.6.